The molecule has 1 fully saturated rings. The largest absolute Gasteiger partial charge is 0.351 e. The Labute approximate surface area is 145 Å². The number of anilines is 1. The van der Waals surface area contributed by atoms with Crippen LogP contribution in [0.2, 0.25) is 0 Å². The minimum Gasteiger partial charge on any atom is -0.351 e. The molecule has 126 valence electrons. The van der Waals surface area contributed by atoms with Gasteiger partial charge in [-0.2, -0.15) is 0 Å². The lowest BCUT2D eigenvalue weighted by Gasteiger charge is -2.26. The summed E-state index contributed by atoms with van der Waals surface area (Å²) in [5, 5.41) is 7.50. The number of nitrogens with one attached hydrogen (secondary N) is 3. The summed E-state index contributed by atoms with van der Waals surface area (Å²) in [5.41, 5.74) is 1.96. The molecule has 0 spiro atoms. The normalized spacial score (nSPS) is 21.1. The van der Waals surface area contributed by atoms with Gasteiger partial charge in [0.15, 0.2) is 0 Å². The van der Waals surface area contributed by atoms with Crippen molar-refractivity contribution < 1.29 is 4.79 Å². The first-order valence-corrected chi connectivity index (χ1v) is 9.32. The van der Waals surface area contributed by atoms with Gasteiger partial charge in [0.1, 0.15) is 5.65 Å². The summed E-state index contributed by atoms with van der Waals surface area (Å²) in [6.07, 6.45) is 6.81. The smallest absolute Gasteiger partial charge is 0.259 e. The van der Waals surface area contributed by atoms with Crippen LogP contribution in [0.15, 0.2) is 35.6 Å². The van der Waals surface area contributed by atoms with E-state index in [1.54, 1.807) is 18.0 Å². The fourth-order valence-corrected chi connectivity index (χ4v) is 4.13. The standard InChI is InChI=1S/C17H21N5OS/c23-17(21-10-12-1-4-18-9-12)15-11-22(7-8-24-15)14-3-6-20-16-13(14)2-5-19-16/h2-3,5-6,11-12,18H,1,4,7-10H2,(H,19,20)(H,21,23)/t12-/m1/s1. The quantitative estimate of drug-likeness (QED) is 0.788. The Morgan fingerprint density at radius 1 is 1.46 bits per heavy atom. The first-order chi connectivity index (χ1) is 11.8. The molecule has 0 unspecified atom stereocenters. The Hall–Kier alpha value is -1.99. The lowest BCUT2D eigenvalue weighted by atomic mass is 10.1. The summed E-state index contributed by atoms with van der Waals surface area (Å²) in [4.78, 5) is 22.9. The van der Waals surface area contributed by atoms with Crippen LogP contribution in [0.1, 0.15) is 6.42 Å². The monoisotopic (exact) mass is 343 g/mol. The zero-order valence-electron chi connectivity index (χ0n) is 13.4. The molecule has 2 aromatic rings. The number of hydrogen-bond acceptors (Lipinski definition) is 5. The second-order valence-corrected chi connectivity index (χ2v) is 7.31. The topological polar surface area (TPSA) is 73.1 Å². The number of pyridine rings is 1. The fourth-order valence-electron chi connectivity index (χ4n) is 3.22. The Morgan fingerprint density at radius 3 is 3.29 bits per heavy atom. The van der Waals surface area contributed by atoms with Crippen molar-refractivity contribution in [3.05, 3.63) is 35.6 Å². The lowest BCUT2D eigenvalue weighted by Crippen LogP contribution is -2.33. The van der Waals surface area contributed by atoms with E-state index in [1.165, 1.54) is 0 Å². The summed E-state index contributed by atoms with van der Waals surface area (Å²) < 4.78 is 0. The molecule has 1 saturated heterocycles. The zero-order valence-corrected chi connectivity index (χ0v) is 14.2. The predicted octanol–water partition coefficient (Wildman–Crippen LogP) is 1.68. The van der Waals surface area contributed by atoms with E-state index < -0.39 is 0 Å². The average Bonchev–Trinajstić information content (AvgIpc) is 3.30. The van der Waals surface area contributed by atoms with Crippen LogP contribution >= 0.6 is 11.8 Å². The minimum atomic E-state index is 0.0379. The van der Waals surface area contributed by atoms with Crippen LogP contribution in [0.4, 0.5) is 5.69 Å². The van der Waals surface area contributed by atoms with E-state index in [0.29, 0.717) is 5.92 Å². The number of fused-ring (bicyclic) bond motifs is 1. The number of nitrogens with zero attached hydrogens (tertiary/aromatic N) is 2. The van der Waals surface area contributed by atoms with Gasteiger partial charge in [0.2, 0.25) is 0 Å². The van der Waals surface area contributed by atoms with Gasteiger partial charge in [-0.1, -0.05) is 0 Å². The maximum absolute atomic E-state index is 12.5. The second kappa shape index (κ2) is 6.86. The van der Waals surface area contributed by atoms with E-state index in [9.17, 15) is 4.79 Å². The van der Waals surface area contributed by atoms with E-state index in [0.717, 1.165) is 60.0 Å². The number of H-pyrrole nitrogens is 1. The molecule has 4 rings (SSSR count). The first-order valence-electron chi connectivity index (χ1n) is 8.33. The van der Waals surface area contributed by atoms with Crippen molar-refractivity contribution in [3.63, 3.8) is 0 Å². The van der Waals surface area contributed by atoms with Crippen LogP contribution < -0.4 is 15.5 Å². The first kappa shape index (κ1) is 15.5. The van der Waals surface area contributed by atoms with Crippen LogP contribution in [0, 0.1) is 5.92 Å². The van der Waals surface area contributed by atoms with E-state index in [1.807, 2.05) is 24.5 Å². The Morgan fingerprint density at radius 2 is 2.42 bits per heavy atom. The van der Waals surface area contributed by atoms with Crippen LogP contribution in [-0.4, -0.2) is 47.8 Å². The molecule has 0 saturated carbocycles. The number of amides is 1. The molecule has 1 atom stereocenters. The van der Waals surface area contributed by atoms with Crippen molar-refractivity contribution in [3.8, 4) is 0 Å². The fraction of sp³-hybridized carbons (Fsp3) is 0.412. The molecule has 0 aromatic carbocycles. The molecule has 4 heterocycles. The number of rotatable bonds is 4. The highest BCUT2D eigenvalue weighted by Gasteiger charge is 2.21. The van der Waals surface area contributed by atoms with Gasteiger partial charge < -0.3 is 20.5 Å². The molecule has 1 amide bonds. The van der Waals surface area contributed by atoms with Crippen molar-refractivity contribution in [2.24, 2.45) is 5.92 Å². The molecule has 0 radical (unpaired) electrons. The second-order valence-electron chi connectivity index (χ2n) is 6.17. The Balaban J connectivity index is 1.50. The highest BCUT2D eigenvalue weighted by atomic mass is 32.2. The molecule has 24 heavy (non-hydrogen) atoms. The summed E-state index contributed by atoms with van der Waals surface area (Å²) in [6.45, 7) is 3.70. The van der Waals surface area contributed by atoms with Crippen LogP contribution in [0.5, 0.6) is 0 Å². The molecular weight excluding hydrogens is 322 g/mol. The predicted molar refractivity (Wildman–Crippen MR) is 98.0 cm³/mol. The van der Waals surface area contributed by atoms with Gasteiger partial charge in [0.05, 0.1) is 10.6 Å². The van der Waals surface area contributed by atoms with E-state index in [-0.39, 0.29) is 5.91 Å². The van der Waals surface area contributed by atoms with Gasteiger partial charge in [-0.15, -0.1) is 11.8 Å². The third-order valence-corrected chi connectivity index (χ3v) is 5.54. The number of hydrogen-bond donors (Lipinski definition) is 3. The number of thioether (sulfide) groups is 1. The van der Waals surface area contributed by atoms with Crippen LogP contribution in [0.3, 0.4) is 0 Å². The maximum Gasteiger partial charge on any atom is 0.259 e. The van der Waals surface area contributed by atoms with Crippen molar-refractivity contribution in [2.45, 2.75) is 6.42 Å². The average molecular weight is 343 g/mol. The minimum absolute atomic E-state index is 0.0379. The Bertz CT molecular complexity index is 765. The highest BCUT2D eigenvalue weighted by Crippen LogP contribution is 2.30. The lowest BCUT2D eigenvalue weighted by molar-refractivity contribution is -0.117. The van der Waals surface area contributed by atoms with E-state index in [4.69, 9.17) is 0 Å². The number of carbonyl (C=O) groups excluding carboxylic acids is 1. The summed E-state index contributed by atoms with van der Waals surface area (Å²) >= 11 is 1.63. The number of aromatic nitrogens is 2. The van der Waals surface area contributed by atoms with Crippen molar-refractivity contribution in [1.29, 1.82) is 0 Å². The molecule has 7 heteroatoms. The molecule has 2 aliphatic rings. The summed E-state index contributed by atoms with van der Waals surface area (Å²) in [6, 6.07) is 4.03. The number of aromatic amines is 1. The summed E-state index contributed by atoms with van der Waals surface area (Å²) in [5.74, 6) is 1.49. The van der Waals surface area contributed by atoms with Gasteiger partial charge in [-0.25, -0.2) is 4.98 Å². The molecule has 6 nitrogen and oxygen atoms in total. The van der Waals surface area contributed by atoms with Crippen molar-refractivity contribution >= 4 is 34.4 Å². The SMILES string of the molecule is O=C(NC[C@@H]1CCNC1)C1=CN(c2ccnc3[nH]ccc23)CCS1. The van der Waals surface area contributed by atoms with Gasteiger partial charge in [0, 0.05) is 42.8 Å². The van der Waals surface area contributed by atoms with Gasteiger partial charge in [-0.05, 0) is 37.6 Å². The zero-order chi connectivity index (χ0) is 16.4. The Kier molecular flexibility index (Phi) is 4.44. The van der Waals surface area contributed by atoms with Crippen LogP contribution in [-0.2, 0) is 4.79 Å². The molecule has 2 aromatic heterocycles. The van der Waals surface area contributed by atoms with Gasteiger partial charge in [-0.3, -0.25) is 4.79 Å². The molecule has 2 aliphatic heterocycles. The molecule has 0 bridgehead atoms. The van der Waals surface area contributed by atoms with Crippen LogP contribution in [0.25, 0.3) is 11.0 Å². The highest BCUT2D eigenvalue weighted by molar-refractivity contribution is 8.04. The van der Waals surface area contributed by atoms with Crippen molar-refractivity contribution in [2.75, 3.05) is 36.8 Å². The van der Waals surface area contributed by atoms with Gasteiger partial charge >= 0.3 is 0 Å². The number of carbonyl (C=O) groups is 1. The third-order valence-electron chi connectivity index (χ3n) is 4.55. The van der Waals surface area contributed by atoms with E-state index >= 15 is 0 Å². The summed E-state index contributed by atoms with van der Waals surface area (Å²) in [7, 11) is 0. The maximum atomic E-state index is 12.5. The third kappa shape index (κ3) is 3.14. The molecular formula is C17H21N5OS. The molecule has 3 N–H and O–H groups in total. The van der Waals surface area contributed by atoms with Gasteiger partial charge in [0.25, 0.3) is 5.91 Å². The van der Waals surface area contributed by atoms with E-state index in [2.05, 4.69) is 25.5 Å². The molecule has 0 aliphatic carbocycles. The van der Waals surface area contributed by atoms with Crippen molar-refractivity contribution in [1.82, 2.24) is 20.6 Å².